The summed E-state index contributed by atoms with van der Waals surface area (Å²) in [5, 5.41) is 0.406. The Hall–Kier alpha value is -2.22. The summed E-state index contributed by atoms with van der Waals surface area (Å²) in [5.74, 6) is -0.981. The van der Waals surface area contributed by atoms with Crippen molar-refractivity contribution in [2.24, 2.45) is 0 Å². The SMILES string of the molecule is CC(C)(C)N(C1CC(=O)N(c2ccccc2)C1=O)S(=O)(=O)c1ccc(Cl)cc1. The number of sulfonamides is 1. The number of rotatable bonds is 4. The zero-order valence-electron chi connectivity index (χ0n) is 15.8. The molecule has 1 fully saturated rings. The molecular formula is C20H21ClN2O4S. The minimum atomic E-state index is -4.05. The van der Waals surface area contributed by atoms with Crippen molar-refractivity contribution in [1.82, 2.24) is 4.31 Å². The summed E-state index contributed by atoms with van der Waals surface area (Å²) >= 11 is 5.87. The van der Waals surface area contributed by atoms with Gasteiger partial charge in [0.1, 0.15) is 6.04 Å². The van der Waals surface area contributed by atoms with Crippen LogP contribution in [0.25, 0.3) is 0 Å². The predicted molar refractivity (Wildman–Crippen MR) is 108 cm³/mol. The first-order chi connectivity index (χ1) is 13.0. The highest BCUT2D eigenvalue weighted by atomic mass is 35.5. The first kappa shape index (κ1) is 20.5. The molecule has 0 bridgehead atoms. The number of benzene rings is 2. The summed E-state index contributed by atoms with van der Waals surface area (Å²) in [7, 11) is -4.05. The fourth-order valence-corrected chi connectivity index (χ4v) is 5.42. The molecule has 1 heterocycles. The lowest BCUT2D eigenvalue weighted by molar-refractivity contribution is -0.122. The fourth-order valence-electron chi connectivity index (χ4n) is 3.36. The van der Waals surface area contributed by atoms with Crippen molar-refractivity contribution in [2.75, 3.05) is 4.90 Å². The molecule has 0 aromatic heterocycles. The van der Waals surface area contributed by atoms with E-state index in [2.05, 4.69) is 0 Å². The predicted octanol–water partition coefficient (Wildman–Crippen LogP) is 3.46. The van der Waals surface area contributed by atoms with Gasteiger partial charge in [0.15, 0.2) is 0 Å². The van der Waals surface area contributed by atoms with Crippen LogP contribution in [0.2, 0.25) is 5.02 Å². The smallest absolute Gasteiger partial charge is 0.252 e. The molecule has 6 nitrogen and oxygen atoms in total. The number of anilines is 1. The third-order valence-corrected chi connectivity index (χ3v) is 6.89. The Balaban J connectivity index is 2.05. The number of para-hydroxylation sites is 1. The van der Waals surface area contributed by atoms with Gasteiger partial charge in [-0.1, -0.05) is 29.8 Å². The summed E-state index contributed by atoms with van der Waals surface area (Å²) in [6, 6.07) is 13.1. The van der Waals surface area contributed by atoms with Gasteiger partial charge in [-0.25, -0.2) is 13.3 Å². The van der Waals surface area contributed by atoms with Gasteiger partial charge >= 0.3 is 0 Å². The van der Waals surface area contributed by atoms with E-state index in [1.165, 1.54) is 24.3 Å². The molecule has 148 valence electrons. The monoisotopic (exact) mass is 420 g/mol. The van der Waals surface area contributed by atoms with Crippen LogP contribution in [0.3, 0.4) is 0 Å². The topological polar surface area (TPSA) is 74.8 Å². The normalized spacial score (nSPS) is 18.2. The van der Waals surface area contributed by atoms with Gasteiger partial charge in [0.25, 0.3) is 5.91 Å². The van der Waals surface area contributed by atoms with Gasteiger partial charge in [0, 0.05) is 10.6 Å². The summed E-state index contributed by atoms with van der Waals surface area (Å²) in [5.41, 5.74) is -0.496. The van der Waals surface area contributed by atoms with Crippen LogP contribution in [-0.2, 0) is 19.6 Å². The van der Waals surface area contributed by atoms with E-state index in [0.717, 1.165) is 9.21 Å². The number of hydrogen-bond donors (Lipinski definition) is 0. The minimum Gasteiger partial charge on any atom is -0.274 e. The summed E-state index contributed by atoms with van der Waals surface area (Å²) in [4.78, 5) is 26.8. The lowest BCUT2D eigenvalue weighted by Crippen LogP contribution is -2.54. The molecule has 2 aromatic carbocycles. The number of halogens is 1. The Kier molecular flexibility index (Phi) is 5.36. The Labute approximate surface area is 169 Å². The van der Waals surface area contributed by atoms with E-state index >= 15 is 0 Å². The van der Waals surface area contributed by atoms with E-state index in [0.29, 0.717) is 10.7 Å². The second-order valence-corrected chi connectivity index (χ2v) is 9.80. The lowest BCUT2D eigenvalue weighted by atomic mass is 10.1. The van der Waals surface area contributed by atoms with Crippen molar-refractivity contribution in [1.29, 1.82) is 0 Å². The minimum absolute atomic E-state index is 0.0187. The molecule has 1 aliphatic rings. The largest absolute Gasteiger partial charge is 0.274 e. The molecule has 1 atom stereocenters. The summed E-state index contributed by atoms with van der Waals surface area (Å²) in [6.07, 6.45) is -0.210. The van der Waals surface area contributed by atoms with Crippen molar-refractivity contribution >= 4 is 39.1 Å². The maximum atomic E-state index is 13.4. The Morgan fingerprint density at radius 2 is 1.57 bits per heavy atom. The molecule has 2 amide bonds. The maximum Gasteiger partial charge on any atom is 0.252 e. The number of nitrogens with zero attached hydrogens (tertiary/aromatic N) is 2. The van der Waals surface area contributed by atoms with Gasteiger partial charge in [0.2, 0.25) is 15.9 Å². The van der Waals surface area contributed by atoms with E-state index < -0.39 is 33.4 Å². The van der Waals surface area contributed by atoms with Gasteiger partial charge in [-0.15, -0.1) is 0 Å². The van der Waals surface area contributed by atoms with Crippen molar-refractivity contribution in [2.45, 2.75) is 43.7 Å². The fraction of sp³-hybridized carbons (Fsp3) is 0.300. The molecule has 0 aliphatic carbocycles. The van der Waals surface area contributed by atoms with Crippen LogP contribution in [0.1, 0.15) is 27.2 Å². The molecule has 0 radical (unpaired) electrons. The first-order valence-corrected chi connectivity index (χ1v) is 10.6. The van der Waals surface area contributed by atoms with Crippen LogP contribution in [0.5, 0.6) is 0 Å². The number of amides is 2. The number of imide groups is 1. The molecular weight excluding hydrogens is 400 g/mol. The highest BCUT2D eigenvalue weighted by Gasteiger charge is 2.50. The maximum absolute atomic E-state index is 13.4. The molecule has 1 unspecified atom stereocenters. The van der Waals surface area contributed by atoms with Gasteiger partial charge in [-0.05, 0) is 57.2 Å². The van der Waals surface area contributed by atoms with Crippen molar-refractivity contribution < 1.29 is 18.0 Å². The van der Waals surface area contributed by atoms with E-state index in [-0.39, 0.29) is 11.3 Å². The molecule has 1 aliphatic heterocycles. The van der Waals surface area contributed by atoms with Crippen molar-refractivity contribution in [3.8, 4) is 0 Å². The Morgan fingerprint density at radius 3 is 2.11 bits per heavy atom. The molecule has 8 heteroatoms. The first-order valence-electron chi connectivity index (χ1n) is 8.75. The highest BCUT2D eigenvalue weighted by Crippen LogP contribution is 2.34. The average Bonchev–Trinajstić information content (AvgIpc) is 2.88. The third kappa shape index (κ3) is 3.70. The zero-order valence-corrected chi connectivity index (χ0v) is 17.4. The second kappa shape index (κ2) is 7.31. The van der Waals surface area contributed by atoms with Crippen molar-refractivity contribution in [3.05, 3.63) is 59.6 Å². The molecule has 0 N–H and O–H groups in total. The molecule has 1 saturated heterocycles. The summed E-state index contributed by atoms with van der Waals surface area (Å²) < 4.78 is 27.9. The standard InChI is InChI=1S/C20H21ClN2O4S/c1-20(2,3)23(28(26,27)16-11-9-14(21)10-12-16)17-13-18(24)22(19(17)25)15-7-5-4-6-8-15/h4-12,17H,13H2,1-3H3. The number of carbonyl (C=O) groups is 2. The quantitative estimate of drug-likeness (QED) is 0.710. The van der Waals surface area contributed by atoms with E-state index in [1.54, 1.807) is 51.1 Å². The summed E-state index contributed by atoms with van der Waals surface area (Å²) in [6.45, 7) is 5.09. The molecule has 28 heavy (non-hydrogen) atoms. The van der Waals surface area contributed by atoms with Gasteiger partial charge < -0.3 is 0 Å². The van der Waals surface area contributed by atoms with Gasteiger partial charge in [0.05, 0.1) is 17.0 Å². The highest BCUT2D eigenvalue weighted by molar-refractivity contribution is 7.89. The molecule has 2 aromatic rings. The van der Waals surface area contributed by atoms with E-state index in [9.17, 15) is 18.0 Å². The van der Waals surface area contributed by atoms with Crippen molar-refractivity contribution in [3.63, 3.8) is 0 Å². The van der Waals surface area contributed by atoms with Gasteiger partial charge in [-0.3, -0.25) is 9.59 Å². The van der Waals surface area contributed by atoms with E-state index in [4.69, 9.17) is 11.6 Å². The average molecular weight is 421 g/mol. The molecule has 0 spiro atoms. The number of carbonyl (C=O) groups excluding carboxylic acids is 2. The second-order valence-electron chi connectivity index (χ2n) is 7.55. The molecule has 0 saturated carbocycles. The van der Waals surface area contributed by atoms with Crippen LogP contribution in [-0.4, -0.2) is 36.1 Å². The van der Waals surface area contributed by atoms with Crippen LogP contribution in [0.15, 0.2) is 59.5 Å². The Bertz CT molecular complexity index is 999. The lowest BCUT2D eigenvalue weighted by Gasteiger charge is -2.37. The Morgan fingerprint density at radius 1 is 1.00 bits per heavy atom. The third-order valence-electron chi connectivity index (χ3n) is 4.45. The molecule has 3 rings (SSSR count). The number of hydrogen-bond acceptors (Lipinski definition) is 4. The zero-order chi connectivity index (χ0) is 20.7. The van der Waals surface area contributed by atoms with E-state index in [1.807, 2.05) is 0 Å². The van der Waals surface area contributed by atoms with Crippen LogP contribution < -0.4 is 4.90 Å². The van der Waals surface area contributed by atoms with Gasteiger partial charge in [-0.2, -0.15) is 4.31 Å². The van der Waals surface area contributed by atoms with Crippen LogP contribution in [0, 0.1) is 0 Å². The van der Waals surface area contributed by atoms with Crippen LogP contribution in [0.4, 0.5) is 5.69 Å². The van der Waals surface area contributed by atoms with Crippen LogP contribution >= 0.6 is 11.6 Å².